The summed E-state index contributed by atoms with van der Waals surface area (Å²) in [5, 5.41) is 3.03. The molecule has 2 heteroatoms. The van der Waals surface area contributed by atoms with Crippen LogP contribution in [-0.4, -0.2) is 0 Å². The summed E-state index contributed by atoms with van der Waals surface area (Å²) in [6, 6.07) is 12.3. The van der Waals surface area contributed by atoms with Crippen LogP contribution in [0.2, 0.25) is 5.02 Å². The molecular formula is C14H16ClN. The van der Waals surface area contributed by atoms with Gasteiger partial charge in [0.2, 0.25) is 0 Å². The van der Waals surface area contributed by atoms with Gasteiger partial charge in [0.1, 0.15) is 0 Å². The van der Waals surface area contributed by atoms with Crippen LogP contribution in [-0.2, 0) is 0 Å². The van der Waals surface area contributed by atoms with Gasteiger partial charge in [-0.05, 0) is 29.0 Å². The molecule has 0 heterocycles. The molecule has 0 amide bonds. The Balaban J connectivity index is 2.53. The minimum absolute atomic E-state index is 0.0865. The smallest absolute Gasteiger partial charge is 0.0484 e. The lowest BCUT2D eigenvalue weighted by molar-refractivity contribution is 0.515. The maximum atomic E-state index is 6.13. The van der Waals surface area contributed by atoms with Crippen LogP contribution in [0.5, 0.6) is 0 Å². The van der Waals surface area contributed by atoms with Gasteiger partial charge in [-0.25, -0.2) is 0 Å². The first kappa shape index (κ1) is 11.4. The predicted molar refractivity (Wildman–Crippen MR) is 70.7 cm³/mol. The van der Waals surface area contributed by atoms with Crippen molar-refractivity contribution in [2.45, 2.75) is 19.9 Å². The van der Waals surface area contributed by atoms with Crippen LogP contribution in [0.4, 0.5) is 0 Å². The van der Waals surface area contributed by atoms with E-state index < -0.39 is 0 Å². The number of benzene rings is 2. The predicted octanol–water partition coefficient (Wildman–Crippen LogP) is 4.15. The Kier molecular flexibility index (Phi) is 3.17. The molecule has 0 radical (unpaired) electrons. The zero-order valence-electron chi connectivity index (χ0n) is 9.57. The van der Waals surface area contributed by atoms with Gasteiger partial charge in [0.15, 0.2) is 0 Å². The first-order valence-corrected chi connectivity index (χ1v) is 5.91. The maximum Gasteiger partial charge on any atom is 0.0484 e. The lowest BCUT2D eigenvalue weighted by Crippen LogP contribution is -2.16. The highest BCUT2D eigenvalue weighted by molar-refractivity contribution is 6.35. The molecule has 0 spiro atoms. The van der Waals surface area contributed by atoms with Crippen molar-refractivity contribution in [2.75, 3.05) is 0 Å². The summed E-state index contributed by atoms with van der Waals surface area (Å²) < 4.78 is 0. The molecular weight excluding hydrogens is 218 g/mol. The van der Waals surface area contributed by atoms with Crippen LogP contribution in [0.3, 0.4) is 0 Å². The van der Waals surface area contributed by atoms with Crippen molar-refractivity contribution < 1.29 is 0 Å². The average molecular weight is 234 g/mol. The van der Waals surface area contributed by atoms with E-state index in [1.807, 2.05) is 12.1 Å². The summed E-state index contributed by atoms with van der Waals surface area (Å²) in [5.41, 5.74) is 7.30. The molecule has 84 valence electrons. The van der Waals surface area contributed by atoms with Crippen molar-refractivity contribution in [2.24, 2.45) is 11.7 Å². The highest BCUT2D eigenvalue weighted by Crippen LogP contribution is 2.27. The normalized spacial score (nSPS) is 13.3. The molecule has 0 bridgehead atoms. The molecule has 2 N–H and O–H groups in total. The van der Waals surface area contributed by atoms with Gasteiger partial charge in [0, 0.05) is 16.5 Å². The molecule has 1 nitrogen and oxygen atoms in total. The minimum Gasteiger partial charge on any atom is -0.324 e. The van der Waals surface area contributed by atoms with Gasteiger partial charge in [0.05, 0.1) is 0 Å². The number of nitrogens with two attached hydrogens (primary N) is 1. The molecule has 2 rings (SSSR count). The molecule has 0 aromatic heterocycles. The molecule has 0 aliphatic heterocycles. The standard InChI is InChI=1S/C14H16ClN/c1-9(2)14(16)11-6-7-12-10(8-11)4-3-5-13(12)15/h3-9,14H,16H2,1-2H3. The monoisotopic (exact) mass is 233 g/mol. The molecule has 16 heavy (non-hydrogen) atoms. The van der Waals surface area contributed by atoms with E-state index >= 15 is 0 Å². The summed E-state index contributed by atoms with van der Waals surface area (Å²) in [5.74, 6) is 0.441. The minimum atomic E-state index is 0.0865. The Morgan fingerprint density at radius 3 is 2.56 bits per heavy atom. The lowest BCUT2D eigenvalue weighted by Gasteiger charge is -2.16. The summed E-state index contributed by atoms with van der Waals surface area (Å²) in [7, 11) is 0. The number of halogens is 1. The largest absolute Gasteiger partial charge is 0.324 e. The zero-order chi connectivity index (χ0) is 11.7. The Morgan fingerprint density at radius 2 is 1.88 bits per heavy atom. The Labute approximate surface area is 101 Å². The summed E-state index contributed by atoms with van der Waals surface area (Å²) in [6.07, 6.45) is 0. The highest BCUT2D eigenvalue weighted by Gasteiger charge is 2.10. The number of rotatable bonds is 2. The van der Waals surface area contributed by atoms with Gasteiger partial charge in [-0.2, -0.15) is 0 Å². The van der Waals surface area contributed by atoms with E-state index in [2.05, 4.69) is 38.1 Å². The summed E-state index contributed by atoms with van der Waals surface area (Å²) >= 11 is 6.12. The zero-order valence-corrected chi connectivity index (χ0v) is 10.3. The van der Waals surface area contributed by atoms with Crippen LogP contribution in [0.15, 0.2) is 36.4 Å². The second-order valence-electron chi connectivity index (χ2n) is 4.49. The van der Waals surface area contributed by atoms with Crippen molar-refractivity contribution in [1.82, 2.24) is 0 Å². The Morgan fingerprint density at radius 1 is 1.12 bits per heavy atom. The second-order valence-corrected chi connectivity index (χ2v) is 4.90. The highest BCUT2D eigenvalue weighted by atomic mass is 35.5. The van der Waals surface area contributed by atoms with Gasteiger partial charge < -0.3 is 5.73 Å². The molecule has 0 aliphatic rings. The number of fused-ring (bicyclic) bond motifs is 1. The van der Waals surface area contributed by atoms with Crippen LogP contribution < -0.4 is 5.73 Å². The molecule has 2 aromatic carbocycles. The van der Waals surface area contributed by atoms with E-state index in [4.69, 9.17) is 17.3 Å². The summed E-state index contributed by atoms with van der Waals surface area (Å²) in [6.45, 7) is 4.26. The lowest BCUT2D eigenvalue weighted by atomic mass is 9.95. The third kappa shape index (κ3) is 2.06. The van der Waals surface area contributed by atoms with Gasteiger partial charge in [0.25, 0.3) is 0 Å². The van der Waals surface area contributed by atoms with E-state index in [1.165, 1.54) is 5.56 Å². The van der Waals surface area contributed by atoms with Gasteiger partial charge >= 0.3 is 0 Å². The quantitative estimate of drug-likeness (QED) is 0.829. The molecule has 0 aliphatic carbocycles. The maximum absolute atomic E-state index is 6.13. The third-order valence-electron chi connectivity index (χ3n) is 2.95. The van der Waals surface area contributed by atoms with E-state index in [1.54, 1.807) is 0 Å². The number of hydrogen-bond donors (Lipinski definition) is 1. The molecule has 2 aromatic rings. The van der Waals surface area contributed by atoms with E-state index in [0.717, 1.165) is 15.8 Å². The molecule has 0 fully saturated rings. The molecule has 1 unspecified atom stereocenters. The molecule has 0 saturated heterocycles. The second kappa shape index (κ2) is 4.44. The first-order valence-electron chi connectivity index (χ1n) is 5.53. The Bertz CT molecular complexity index is 505. The van der Waals surface area contributed by atoms with Crippen molar-refractivity contribution in [3.05, 3.63) is 47.0 Å². The SMILES string of the molecule is CC(C)C(N)c1ccc2c(Cl)cccc2c1. The van der Waals surface area contributed by atoms with Crippen LogP contribution in [0.1, 0.15) is 25.5 Å². The van der Waals surface area contributed by atoms with Crippen molar-refractivity contribution in [3.8, 4) is 0 Å². The van der Waals surface area contributed by atoms with Crippen LogP contribution in [0, 0.1) is 5.92 Å². The van der Waals surface area contributed by atoms with E-state index in [-0.39, 0.29) is 6.04 Å². The summed E-state index contributed by atoms with van der Waals surface area (Å²) in [4.78, 5) is 0. The van der Waals surface area contributed by atoms with Crippen LogP contribution >= 0.6 is 11.6 Å². The van der Waals surface area contributed by atoms with Gasteiger partial charge in [-0.1, -0.05) is 49.7 Å². The van der Waals surface area contributed by atoms with Crippen molar-refractivity contribution in [3.63, 3.8) is 0 Å². The van der Waals surface area contributed by atoms with Gasteiger partial charge in [-0.3, -0.25) is 0 Å². The fraction of sp³-hybridized carbons (Fsp3) is 0.286. The third-order valence-corrected chi connectivity index (χ3v) is 3.28. The number of hydrogen-bond acceptors (Lipinski definition) is 1. The van der Waals surface area contributed by atoms with Crippen LogP contribution in [0.25, 0.3) is 10.8 Å². The van der Waals surface area contributed by atoms with Crippen molar-refractivity contribution in [1.29, 1.82) is 0 Å². The average Bonchev–Trinajstić information content (AvgIpc) is 2.28. The first-order chi connectivity index (χ1) is 7.59. The fourth-order valence-electron chi connectivity index (χ4n) is 1.85. The Hall–Kier alpha value is -1.05. The molecule has 0 saturated carbocycles. The van der Waals surface area contributed by atoms with E-state index in [9.17, 15) is 0 Å². The molecule has 1 atom stereocenters. The van der Waals surface area contributed by atoms with Gasteiger partial charge in [-0.15, -0.1) is 0 Å². The topological polar surface area (TPSA) is 26.0 Å². The fourth-order valence-corrected chi connectivity index (χ4v) is 2.10. The van der Waals surface area contributed by atoms with Crippen molar-refractivity contribution >= 4 is 22.4 Å². The van der Waals surface area contributed by atoms with E-state index in [0.29, 0.717) is 5.92 Å².